The van der Waals surface area contributed by atoms with Crippen LogP contribution in [0.2, 0.25) is 0 Å². The van der Waals surface area contributed by atoms with Gasteiger partial charge in [-0.25, -0.2) is 4.98 Å². The van der Waals surface area contributed by atoms with Gasteiger partial charge in [-0.2, -0.15) is 0 Å². The molecule has 0 atom stereocenters. The monoisotopic (exact) mass is 455 g/mol. The highest BCUT2D eigenvalue weighted by molar-refractivity contribution is 7.13. The number of hydrogen-bond donors (Lipinski definition) is 0. The van der Waals surface area contributed by atoms with Crippen LogP contribution in [-0.4, -0.2) is 59.4 Å². The van der Waals surface area contributed by atoms with Crippen LogP contribution in [-0.2, 0) is 16.0 Å². The minimum Gasteiger partial charge on any atom is -0.493 e. The van der Waals surface area contributed by atoms with Crippen LogP contribution < -0.4 is 4.74 Å². The Bertz CT molecular complexity index is 913. The van der Waals surface area contributed by atoms with Gasteiger partial charge in [-0.15, -0.1) is 11.3 Å². The Balaban J connectivity index is 1.31. The maximum absolute atomic E-state index is 12.9. The largest absolute Gasteiger partial charge is 0.493 e. The number of likely N-dealkylation sites (tertiary alicyclic amines) is 2. The van der Waals surface area contributed by atoms with Crippen molar-refractivity contribution in [1.29, 1.82) is 0 Å². The van der Waals surface area contributed by atoms with Crippen LogP contribution in [0.15, 0.2) is 29.6 Å². The first-order valence-electron chi connectivity index (χ1n) is 11.9. The van der Waals surface area contributed by atoms with E-state index in [2.05, 4.69) is 4.90 Å². The quantitative estimate of drug-likeness (QED) is 0.648. The van der Waals surface area contributed by atoms with Crippen molar-refractivity contribution in [2.45, 2.75) is 51.9 Å². The number of carbonyl (C=O) groups excluding carboxylic acids is 2. The van der Waals surface area contributed by atoms with E-state index in [1.165, 1.54) is 12.8 Å². The molecule has 32 heavy (non-hydrogen) atoms. The van der Waals surface area contributed by atoms with E-state index in [1.54, 1.807) is 11.3 Å². The second-order valence-corrected chi connectivity index (χ2v) is 9.50. The lowest BCUT2D eigenvalue weighted by molar-refractivity contribution is -0.140. The van der Waals surface area contributed by atoms with E-state index < -0.39 is 0 Å². The summed E-state index contributed by atoms with van der Waals surface area (Å²) in [6.07, 6.45) is 6.54. The summed E-state index contributed by atoms with van der Waals surface area (Å²) in [6, 6.07) is 7.87. The summed E-state index contributed by atoms with van der Waals surface area (Å²) < 4.78 is 5.72. The van der Waals surface area contributed by atoms with Crippen molar-refractivity contribution in [2.75, 3.05) is 32.8 Å². The van der Waals surface area contributed by atoms with Gasteiger partial charge >= 0.3 is 0 Å². The number of hydrogen-bond acceptors (Lipinski definition) is 5. The smallest absolute Gasteiger partial charge is 0.228 e. The molecule has 2 fully saturated rings. The Morgan fingerprint density at radius 1 is 1.03 bits per heavy atom. The van der Waals surface area contributed by atoms with Gasteiger partial charge in [0.15, 0.2) is 0 Å². The average Bonchev–Trinajstić information content (AvgIpc) is 3.11. The number of benzene rings is 1. The van der Waals surface area contributed by atoms with Crippen LogP contribution in [0.25, 0.3) is 10.6 Å². The summed E-state index contributed by atoms with van der Waals surface area (Å²) in [5.41, 5.74) is 1.76. The van der Waals surface area contributed by atoms with Crippen molar-refractivity contribution in [3.05, 3.63) is 35.3 Å². The molecule has 7 heteroatoms. The first-order chi connectivity index (χ1) is 15.7. The lowest BCUT2D eigenvalue weighted by Gasteiger charge is -2.34. The SMILES string of the molecule is CCOc1ccccc1-c1nc(CC(=O)N2CCC(C(=O)N3CCCCCC3)CC2)cs1. The zero-order chi connectivity index (χ0) is 22.3. The topological polar surface area (TPSA) is 62.7 Å². The van der Waals surface area contributed by atoms with E-state index >= 15 is 0 Å². The van der Waals surface area contributed by atoms with Gasteiger partial charge in [0.1, 0.15) is 10.8 Å². The predicted octanol–water partition coefficient (Wildman–Crippen LogP) is 4.39. The van der Waals surface area contributed by atoms with E-state index in [4.69, 9.17) is 9.72 Å². The summed E-state index contributed by atoms with van der Waals surface area (Å²) in [5.74, 6) is 1.29. The van der Waals surface area contributed by atoms with Crippen LogP contribution in [0, 0.1) is 5.92 Å². The van der Waals surface area contributed by atoms with Gasteiger partial charge in [-0.1, -0.05) is 25.0 Å². The molecule has 1 aromatic heterocycles. The van der Waals surface area contributed by atoms with E-state index in [0.29, 0.717) is 32.0 Å². The fraction of sp³-hybridized carbons (Fsp3) is 0.560. The molecular formula is C25H33N3O3S. The number of aromatic nitrogens is 1. The standard InChI is InChI=1S/C25H33N3O3S/c1-2-31-22-10-6-5-9-21(22)24-26-20(18-32-24)17-23(29)27-15-11-19(12-16-27)25(30)28-13-7-3-4-8-14-28/h5-6,9-10,18-19H,2-4,7-8,11-17H2,1H3. The first kappa shape index (κ1) is 22.8. The molecule has 6 nitrogen and oxygen atoms in total. The summed E-state index contributed by atoms with van der Waals surface area (Å²) in [4.78, 5) is 34.4. The van der Waals surface area contributed by atoms with E-state index in [1.807, 2.05) is 41.5 Å². The van der Waals surface area contributed by atoms with Crippen molar-refractivity contribution < 1.29 is 14.3 Å². The third kappa shape index (κ3) is 5.49. The zero-order valence-electron chi connectivity index (χ0n) is 18.9. The number of thiazole rings is 1. The molecule has 0 aliphatic carbocycles. The molecule has 0 saturated carbocycles. The van der Waals surface area contributed by atoms with Gasteiger partial charge in [0.05, 0.1) is 24.3 Å². The van der Waals surface area contributed by atoms with Crippen LogP contribution in [0.4, 0.5) is 0 Å². The summed E-state index contributed by atoms with van der Waals surface area (Å²) in [6.45, 7) is 5.69. The third-order valence-electron chi connectivity index (χ3n) is 6.42. The van der Waals surface area contributed by atoms with Crippen LogP contribution in [0.3, 0.4) is 0 Å². The van der Waals surface area contributed by atoms with Gasteiger partial charge in [0.25, 0.3) is 0 Å². The Labute approximate surface area is 194 Å². The van der Waals surface area contributed by atoms with Crippen LogP contribution in [0.5, 0.6) is 5.75 Å². The lowest BCUT2D eigenvalue weighted by atomic mass is 9.95. The van der Waals surface area contributed by atoms with Gasteiger partial charge in [-0.05, 0) is 44.7 Å². The molecule has 0 spiro atoms. The van der Waals surface area contributed by atoms with E-state index in [-0.39, 0.29) is 11.8 Å². The minimum absolute atomic E-state index is 0.0677. The normalized spacial score (nSPS) is 17.8. The van der Waals surface area contributed by atoms with Crippen molar-refractivity contribution in [3.63, 3.8) is 0 Å². The molecule has 2 amide bonds. The molecule has 2 aliphatic rings. The van der Waals surface area contributed by atoms with E-state index in [0.717, 1.165) is 60.8 Å². The fourth-order valence-electron chi connectivity index (χ4n) is 4.63. The number of piperidine rings is 1. The molecule has 172 valence electrons. The first-order valence-corrected chi connectivity index (χ1v) is 12.8. The maximum Gasteiger partial charge on any atom is 0.228 e. The van der Waals surface area contributed by atoms with Gasteiger partial charge < -0.3 is 14.5 Å². The van der Waals surface area contributed by atoms with Gasteiger partial charge in [0, 0.05) is 37.5 Å². The number of ether oxygens (including phenoxy) is 1. The molecule has 2 aliphatic heterocycles. The summed E-state index contributed by atoms with van der Waals surface area (Å²) in [5, 5.41) is 2.84. The molecule has 0 radical (unpaired) electrons. The molecule has 0 unspecified atom stereocenters. The Morgan fingerprint density at radius 3 is 2.47 bits per heavy atom. The van der Waals surface area contributed by atoms with Gasteiger partial charge in [0.2, 0.25) is 11.8 Å². The zero-order valence-corrected chi connectivity index (χ0v) is 19.7. The molecule has 2 saturated heterocycles. The van der Waals surface area contributed by atoms with E-state index in [9.17, 15) is 9.59 Å². The predicted molar refractivity (Wildman–Crippen MR) is 127 cm³/mol. The van der Waals surface area contributed by atoms with Crippen LogP contribution in [0.1, 0.15) is 51.1 Å². The third-order valence-corrected chi connectivity index (χ3v) is 7.34. The maximum atomic E-state index is 12.9. The van der Waals surface area contributed by atoms with Crippen molar-refractivity contribution in [2.24, 2.45) is 5.92 Å². The van der Waals surface area contributed by atoms with Crippen molar-refractivity contribution in [3.8, 4) is 16.3 Å². The highest BCUT2D eigenvalue weighted by atomic mass is 32.1. The molecule has 4 rings (SSSR count). The van der Waals surface area contributed by atoms with Crippen molar-refractivity contribution in [1.82, 2.24) is 14.8 Å². The molecule has 0 bridgehead atoms. The molecule has 0 N–H and O–H groups in total. The number of nitrogens with zero attached hydrogens (tertiary/aromatic N) is 3. The Kier molecular flexibility index (Phi) is 7.79. The Hall–Kier alpha value is -2.41. The Morgan fingerprint density at radius 2 is 1.75 bits per heavy atom. The second-order valence-electron chi connectivity index (χ2n) is 8.64. The van der Waals surface area contributed by atoms with Crippen molar-refractivity contribution >= 4 is 23.2 Å². The number of rotatable bonds is 6. The van der Waals surface area contributed by atoms with Gasteiger partial charge in [-0.3, -0.25) is 9.59 Å². The van der Waals surface area contributed by atoms with Crippen LogP contribution >= 0.6 is 11.3 Å². The second kappa shape index (κ2) is 10.9. The molecular weight excluding hydrogens is 422 g/mol. The highest BCUT2D eigenvalue weighted by Crippen LogP contribution is 2.32. The summed E-state index contributed by atoms with van der Waals surface area (Å²) in [7, 11) is 0. The molecule has 1 aromatic carbocycles. The lowest BCUT2D eigenvalue weighted by Crippen LogP contribution is -2.45. The number of para-hydroxylation sites is 1. The summed E-state index contributed by atoms with van der Waals surface area (Å²) >= 11 is 1.54. The number of carbonyl (C=O) groups is 2. The minimum atomic E-state index is 0.0677. The highest BCUT2D eigenvalue weighted by Gasteiger charge is 2.30. The number of amides is 2. The fourth-order valence-corrected chi connectivity index (χ4v) is 5.48. The molecule has 2 aromatic rings. The average molecular weight is 456 g/mol. The molecule has 3 heterocycles.